The second kappa shape index (κ2) is 22.8. The summed E-state index contributed by atoms with van der Waals surface area (Å²) in [4.78, 5) is 73.0. The minimum Gasteiger partial charge on any atom is -0.380 e. The molecule has 18 nitrogen and oxygen atoms in total. The smallest absolute Gasteiger partial charge is 0.380 e. The van der Waals surface area contributed by atoms with Gasteiger partial charge in [0.05, 0.1) is 80.5 Å². The first-order chi connectivity index (χ1) is 38.3. The molecule has 6 aromatic heterocycles. The zero-order chi connectivity index (χ0) is 58.1. The summed E-state index contributed by atoms with van der Waals surface area (Å²) < 4.78 is 177. The fraction of sp³-hybridized carbons (Fsp3) is 0.360. The molecule has 0 aliphatic heterocycles. The van der Waals surface area contributed by atoms with Crippen molar-refractivity contribution in [2.45, 2.75) is 101 Å². The molecule has 2 saturated carbocycles. The maximum atomic E-state index is 14.9. The Balaban J connectivity index is 0.000000196. The number of aromatic amines is 2. The van der Waals surface area contributed by atoms with E-state index in [0.717, 1.165) is 36.9 Å². The molecule has 0 saturated heterocycles. The van der Waals surface area contributed by atoms with E-state index in [1.807, 2.05) is 0 Å². The Hall–Kier alpha value is -8.67. The summed E-state index contributed by atoms with van der Waals surface area (Å²) in [6.07, 6.45) is -5.42. The van der Waals surface area contributed by atoms with Gasteiger partial charge in [-0.15, -0.1) is 0 Å². The van der Waals surface area contributed by atoms with Crippen LogP contribution in [0, 0.1) is 23.5 Å². The zero-order valence-corrected chi connectivity index (χ0v) is 41.4. The number of H-pyrrole nitrogens is 2. The summed E-state index contributed by atoms with van der Waals surface area (Å²) in [5.74, 6) is -2.47. The standard InChI is InChI=1S/C25H20F7N7O2.C25H21F6N7O2/c26-17-5-16-18(6-15(17)21-33-7-13(8-34-21)24(27,28)29)35-11-39(23(16)41)10-12-2-1-3-14(4-12)37-19-9-36-38-22(40)20(19)25(30,31)32;26-17-5-16-18(6-15(17)22-32-7-13(8-33-22)21(27)28)34-11-38(24(16)40)10-12-2-1-3-14(4-12)36-19-9-35-37-23(39)20(19)25(29,30)31/h5-9,11-12,14H,1-4,10H2,(H2,37,38,40);5-9,11-12,14,21H,1-4,10H2,(H2,36,37,39)/t2*12-,14+/m11/s1. The second-order valence-electron chi connectivity index (χ2n) is 19.3. The molecule has 0 amide bonds. The molecule has 4 N–H and O–H groups in total. The van der Waals surface area contributed by atoms with Crippen LogP contribution in [0.25, 0.3) is 44.6 Å². The van der Waals surface area contributed by atoms with Gasteiger partial charge < -0.3 is 10.6 Å². The third kappa shape index (κ3) is 12.9. The normalized spacial score (nSPS) is 18.0. The summed E-state index contributed by atoms with van der Waals surface area (Å²) in [5, 5.41) is 16.0. The molecular weight excluding hydrogens is 1110 g/mol. The first kappa shape index (κ1) is 57.0. The number of alkyl halides is 11. The fourth-order valence-electron chi connectivity index (χ4n) is 9.91. The predicted octanol–water partition coefficient (Wildman–Crippen LogP) is 9.49. The first-order valence-electron chi connectivity index (χ1n) is 24.5. The number of hydrogen-bond acceptors (Lipinski definition) is 14. The largest absolute Gasteiger partial charge is 0.423 e. The molecule has 426 valence electrons. The summed E-state index contributed by atoms with van der Waals surface area (Å²) in [5.41, 5.74) is -8.96. The fourth-order valence-corrected chi connectivity index (χ4v) is 9.91. The van der Waals surface area contributed by atoms with E-state index in [9.17, 15) is 76.3 Å². The Bertz CT molecular complexity index is 3850. The van der Waals surface area contributed by atoms with Gasteiger partial charge in [-0.3, -0.25) is 28.3 Å². The Labute approximate surface area is 445 Å². The molecule has 0 spiro atoms. The lowest BCUT2D eigenvalue weighted by Gasteiger charge is -2.31. The molecule has 10 rings (SSSR count). The van der Waals surface area contributed by atoms with Crippen molar-refractivity contribution in [3.05, 3.63) is 149 Å². The molecule has 4 atom stereocenters. The van der Waals surface area contributed by atoms with Gasteiger partial charge in [0, 0.05) is 50.0 Å². The van der Waals surface area contributed by atoms with Gasteiger partial charge in [-0.2, -0.15) is 49.7 Å². The summed E-state index contributed by atoms with van der Waals surface area (Å²) in [6.45, 7) is 0.354. The third-order valence-corrected chi connectivity index (χ3v) is 13.7. The highest BCUT2D eigenvalue weighted by molar-refractivity contribution is 5.83. The average Bonchev–Trinajstić information content (AvgIpc) is 3.52. The van der Waals surface area contributed by atoms with Crippen molar-refractivity contribution in [3.63, 3.8) is 0 Å². The number of aromatic nitrogens is 12. The quantitative estimate of drug-likeness (QED) is 0.0883. The molecule has 8 aromatic rings. The van der Waals surface area contributed by atoms with E-state index in [2.05, 4.69) is 50.7 Å². The van der Waals surface area contributed by atoms with Crippen molar-refractivity contribution in [3.8, 4) is 22.8 Å². The lowest BCUT2D eigenvalue weighted by atomic mass is 9.85. The van der Waals surface area contributed by atoms with E-state index in [1.165, 1.54) is 33.9 Å². The van der Waals surface area contributed by atoms with Crippen molar-refractivity contribution in [1.29, 1.82) is 0 Å². The van der Waals surface area contributed by atoms with Crippen LogP contribution in [0.4, 0.5) is 68.5 Å². The highest BCUT2D eigenvalue weighted by Gasteiger charge is 2.40. The third-order valence-electron chi connectivity index (χ3n) is 13.7. The van der Waals surface area contributed by atoms with E-state index in [-0.39, 0.29) is 69.5 Å². The Kier molecular flexibility index (Phi) is 16.1. The van der Waals surface area contributed by atoms with Crippen LogP contribution < -0.4 is 32.9 Å². The minimum absolute atomic E-state index is 0.0113. The Morgan fingerprint density at radius 3 is 1.33 bits per heavy atom. The SMILES string of the molecule is O=c1[nH]ncc(N[C@H]2CCC[C@@H](Cn3cnc4cc(-c5ncc(C(F)(F)F)cn5)c(F)cc4c3=O)C2)c1C(F)(F)F.O=c1[nH]ncc(N[C@H]2CCC[C@@H](Cn3cnc4cc(-c5ncc(C(F)F)cn5)c(F)cc4c3=O)C2)c1C(F)(F)F. The van der Waals surface area contributed by atoms with Crippen LogP contribution >= 0.6 is 0 Å². The molecular formula is C50H41F13N14O4. The van der Waals surface area contributed by atoms with Gasteiger partial charge in [0.2, 0.25) is 0 Å². The highest BCUT2D eigenvalue weighted by Crippen LogP contribution is 2.37. The highest BCUT2D eigenvalue weighted by atomic mass is 19.4. The van der Waals surface area contributed by atoms with Gasteiger partial charge in [0.15, 0.2) is 11.6 Å². The number of benzene rings is 2. The molecule has 2 aliphatic carbocycles. The molecule has 6 heterocycles. The van der Waals surface area contributed by atoms with Gasteiger partial charge in [-0.1, -0.05) is 12.8 Å². The first-order valence-corrected chi connectivity index (χ1v) is 24.5. The van der Waals surface area contributed by atoms with Crippen LogP contribution in [-0.2, 0) is 31.6 Å². The number of nitrogens with one attached hydrogen (secondary N) is 4. The van der Waals surface area contributed by atoms with Crippen LogP contribution in [0.5, 0.6) is 0 Å². The maximum Gasteiger partial charge on any atom is 0.423 e. The van der Waals surface area contributed by atoms with Gasteiger partial charge >= 0.3 is 18.5 Å². The van der Waals surface area contributed by atoms with Gasteiger partial charge in [-0.05, 0) is 74.6 Å². The lowest BCUT2D eigenvalue weighted by Crippen LogP contribution is -2.34. The van der Waals surface area contributed by atoms with E-state index in [4.69, 9.17) is 0 Å². The molecule has 31 heteroatoms. The summed E-state index contributed by atoms with van der Waals surface area (Å²) >= 11 is 0. The van der Waals surface area contributed by atoms with Crippen molar-refractivity contribution in [2.24, 2.45) is 11.8 Å². The van der Waals surface area contributed by atoms with Gasteiger partial charge in [0.1, 0.15) is 22.8 Å². The van der Waals surface area contributed by atoms with Crippen LogP contribution in [0.2, 0.25) is 0 Å². The molecule has 0 radical (unpaired) electrons. The van der Waals surface area contributed by atoms with Crippen molar-refractivity contribution in [1.82, 2.24) is 59.4 Å². The molecule has 2 aromatic carbocycles. The van der Waals surface area contributed by atoms with Crippen molar-refractivity contribution in [2.75, 3.05) is 10.6 Å². The Morgan fingerprint density at radius 1 is 0.543 bits per heavy atom. The van der Waals surface area contributed by atoms with E-state index in [0.29, 0.717) is 63.8 Å². The minimum atomic E-state index is -4.88. The number of fused-ring (bicyclic) bond motifs is 2. The maximum absolute atomic E-state index is 14.9. The van der Waals surface area contributed by atoms with Gasteiger partial charge in [0.25, 0.3) is 28.7 Å². The topological polar surface area (TPSA) is 237 Å². The van der Waals surface area contributed by atoms with Gasteiger partial charge in [-0.25, -0.2) is 57.7 Å². The number of rotatable bonds is 11. The zero-order valence-electron chi connectivity index (χ0n) is 41.4. The van der Waals surface area contributed by atoms with Crippen LogP contribution in [-0.4, -0.2) is 71.5 Å². The van der Waals surface area contributed by atoms with Crippen molar-refractivity contribution < 1.29 is 57.1 Å². The summed E-state index contributed by atoms with van der Waals surface area (Å²) in [6, 6.07) is 3.53. The van der Waals surface area contributed by atoms with Crippen LogP contribution in [0.3, 0.4) is 0 Å². The van der Waals surface area contributed by atoms with E-state index >= 15 is 0 Å². The van der Waals surface area contributed by atoms with Crippen molar-refractivity contribution >= 4 is 33.2 Å². The predicted molar refractivity (Wildman–Crippen MR) is 262 cm³/mol. The number of nitrogens with zero attached hydrogens (tertiary/aromatic N) is 10. The Morgan fingerprint density at radius 2 is 0.951 bits per heavy atom. The second-order valence-corrected chi connectivity index (χ2v) is 19.3. The van der Waals surface area contributed by atoms with E-state index in [1.54, 1.807) is 10.2 Å². The van der Waals surface area contributed by atoms with E-state index < -0.39 is 105 Å². The summed E-state index contributed by atoms with van der Waals surface area (Å²) in [7, 11) is 0. The monoisotopic (exact) mass is 1150 g/mol. The number of halogens is 13. The lowest BCUT2D eigenvalue weighted by molar-refractivity contribution is -0.139. The van der Waals surface area contributed by atoms with Crippen LogP contribution in [0.15, 0.2) is 93.3 Å². The molecule has 2 fully saturated rings. The molecule has 2 aliphatic rings. The molecule has 0 bridgehead atoms. The molecule has 81 heavy (non-hydrogen) atoms. The average molecular weight is 1150 g/mol. The number of hydrogen-bond donors (Lipinski definition) is 4. The van der Waals surface area contributed by atoms with Crippen LogP contribution in [0.1, 0.15) is 80.0 Å². The number of anilines is 2. The molecule has 0 unspecified atom stereocenters.